The van der Waals surface area contributed by atoms with Gasteiger partial charge in [-0.1, -0.05) is 13.8 Å². The molecule has 0 aliphatic heterocycles. The van der Waals surface area contributed by atoms with Crippen molar-refractivity contribution in [1.82, 2.24) is 4.90 Å². The number of nitrogens with two attached hydrogens (primary N) is 1. The predicted molar refractivity (Wildman–Crippen MR) is 65.7 cm³/mol. The summed E-state index contributed by atoms with van der Waals surface area (Å²) in [5.41, 5.74) is 0. The molecule has 0 aromatic carbocycles. The Morgan fingerprint density at radius 3 is 2.38 bits per heavy atom. The van der Waals surface area contributed by atoms with Crippen LogP contribution >= 0.6 is 0 Å². The first-order valence-electron chi connectivity index (χ1n) is 5.57. The summed E-state index contributed by atoms with van der Waals surface area (Å²) in [5.74, 6) is 0.612. The quantitative estimate of drug-likeness (QED) is 0.639. The van der Waals surface area contributed by atoms with E-state index in [-0.39, 0.29) is 5.75 Å². The van der Waals surface area contributed by atoms with Crippen LogP contribution in [0, 0.1) is 5.92 Å². The van der Waals surface area contributed by atoms with E-state index in [4.69, 9.17) is 9.88 Å². The second-order valence-electron chi connectivity index (χ2n) is 4.41. The van der Waals surface area contributed by atoms with Gasteiger partial charge in [-0.25, -0.2) is 13.6 Å². The molecule has 0 bridgehead atoms. The number of hydrogen-bond acceptors (Lipinski definition) is 4. The van der Waals surface area contributed by atoms with Gasteiger partial charge in [0.25, 0.3) is 0 Å². The zero-order valence-electron chi connectivity index (χ0n) is 10.5. The first-order valence-corrected chi connectivity index (χ1v) is 7.28. The fourth-order valence-electron chi connectivity index (χ4n) is 1.52. The molecule has 0 aliphatic rings. The van der Waals surface area contributed by atoms with E-state index in [1.54, 1.807) is 7.11 Å². The smallest absolute Gasteiger partial charge is 0.209 e. The van der Waals surface area contributed by atoms with Crippen LogP contribution in [0.25, 0.3) is 0 Å². The lowest BCUT2D eigenvalue weighted by Crippen LogP contribution is -2.33. The molecule has 0 fully saturated rings. The van der Waals surface area contributed by atoms with Gasteiger partial charge in [0.2, 0.25) is 10.0 Å². The SMILES string of the molecule is COCCN(CCCS(N)(=O)=O)CC(C)C. The summed E-state index contributed by atoms with van der Waals surface area (Å²) in [6.07, 6.45) is 0.579. The predicted octanol–water partition coefficient (Wildman–Crippen LogP) is 0.269. The lowest BCUT2D eigenvalue weighted by molar-refractivity contribution is 0.140. The monoisotopic (exact) mass is 252 g/mol. The molecule has 0 unspecified atom stereocenters. The number of methoxy groups -OCH3 is 1. The molecular weight excluding hydrogens is 228 g/mol. The average molecular weight is 252 g/mol. The molecule has 0 saturated heterocycles. The van der Waals surface area contributed by atoms with Crippen molar-refractivity contribution in [1.29, 1.82) is 0 Å². The Balaban J connectivity index is 3.91. The van der Waals surface area contributed by atoms with E-state index in [1.807, 2.05) is 0 Å². The molecule has 5 nitrogen and oxygen atoms in total. The first-order chi connectivity index (χ1) is 7.35. The highest BCUT2D eigenvalue weighted by Gasteiger charge is 2.09. The Labute approximate surface area is 99.0 Å². The maximum atomic E-state index is 10.8. The van der Waals surface area contributed by atoms with Gasteiger partial charge in [0.1, 0.15) is 0 Å². The van der Waals surface area contributed by atoms with E-state index in [0.29, 0.717) is 18.9 Å². The molecule has 16 heavy (non-hydrogen) atoms. The van der Waals surface area contributed by atoms with Gasteiger partial charge in [0, 0.05) is 20.2 Å². The Hall–Kier alpha value is -0.170. The molecule has 0 saturated carbocycles. The van der Waals surface area contributed by atoms with Crippen LogP contribution in [0.4, 0.5) is 0 Å². The highest BCUT2D eigenvalue weighted by atomic mass is 32.2. The summed E-state index contributed by atoms with van der Waals surface area (Å²) in [5, 5.41) is 4.95. The van der Waals surface area contributed by atoms with Crippen molar-refractivity contribution in [2.24, 2.45) is 11.1 Å². The van der Waals surface area contributed by atoms with Crippen molar-refractivity contribution in [2.75, 3.05) is 39.1 Å². The number of nitrogens with zero attached hydrogens (tertiary/aromatic N) is 1. The summed E-state index contributed by atoms with van der Waals surface area (Å²) < 4.78 is 26.6. The molecule has 0 atom stereocenters. The number of hydrogen-bond donors (Lipinski definition) is 1. The van der Waals surface area contributed by atoms with Crippen LogP contribution in [0.5, 0.6) is 0 Å². The second-order valence-corrected chi connectivity index (χ2v) is 6.14. The van der Waals surface area contributed by atoms with E-state index < -0.39 is 10.0 Å². The summed E-state index contributed by atoms with van der Waals surface area (Å²) in [7, 11) is -1.66. The molecule has 0 aromatic heterocycles. The van der Waals surface area contributed by atoms with Crippen molar-refractivity contribution >= 4 is 10.0 Å². The van der Waals surface area contributed by atoms with E-state index in [0.717, 1.165) is 19.6 Å². The largest absolute Gasteiger partial charge is 0.383 e. The van der Waals surface area contributed by atoms with Crippen LogP contribution in [-0.4, -0.2) is 52.4 Å². The highest BCUT2D eigenvalue weighted by Crippen LogP contribution is 2.00. The second kappa shape index (κ2) is 8.00. The maximum Gasteiger partial charge on any atom is 0.209 e. The topological polar surface area (TPSA) is 72.6 Å². The third kappa shape index (κ3) is 10.4. The molecule has 0 amide bonds. The zero-order valence-corrected chi connectivity index (χ0v) is 11.3. The Bertz CT molecular complexity index is 265. The molecule has 0 rings (SSSR count). The Kier molecular flexibility index (Phi) is 7.91. The minimum absolute atomic E-state index is 0.0502. The standard InChI is InChI=1S/C10H24N2O3S/c1-10(2)9-12(6-7-15-3)5-4-8-16(11,13)14/h10H,4-9H2,1-3H3,(H2,11,13,14). The Morgan fingerprint density at radius 2 is 1.94 bits per heavy atom. The third-order valence-corrected chi connectivity index (χ3v) is 3.00. The number of ether oxygens (including phenoxy) is 1. The lowest BCUT2D eigenvalue weighted by Gasteiger charge is -2.23. The summed E-state index contributed by atoms with van der Waals surface area (Å²) in [6.45, 7) is 7.48. The minimum atomic E-state index is -3.33. The molecule has 98 valence electrons. The van der Waals surface area contributed by atoms with Gasteiger partial charge in [-0.05, 0) is 18.9 Å². The van der Waals surface area contributed by atoms with Gasteiger partial charge in [0.05, 0.1) is 12.4 Å². The summed E-state index contributed by atoms with van der Waals surface area (Å²) in [6, 6.07) is 0. The summed E-state index contributed by atoms with van der Waals surface area (Å²) >= 11 is 0. The van der Waals surface area contributed by atoms with Crippen molar-refractivity contribution < 1.29 is 13.2 Å². The van der Waals surface area contributed by atoms with Crippen molar-refractivity contribution in [2.45, 2.75) is 20.3 Å². The van der Waals surface area contributed by atoms with E-state index >= 15 is 0 Å². The van der Waals surface area contributed by atoms with Crippen molar-refractivity contribution in [3.05, 3.63) is 0 Å². The fraction of sp³-hybridized carbons (Fsp3) is 1.00. The molecule has 0 radical (unpaired) electrons. The molecule has 0 spiro atoms. The van der Waals surface area contributed by atoms with Gasteiger partial charge in [-0.15, -0.1) is 0 Å². The number of primary sulfonamides is 1. The summed E-state index contributed by atoms with van der Waals surface area (Å²) in [4.78, 5) is 2.21. The van der Waals surface area contributed by atoms with Crippen LogP contribution in [0.1, 0.15) is 20.3 Å². The minimum Gasteiger partial charge on any atom is -0.383 e. The highest BCUT2D eigenvalue weighted by molar-refractivity contribution is 7.89. The van der Waals surface area contributed by atoms with Gasteiger partial charge >= 0.3 is 0 Å². The third-order valence-electron chi connectivity index (χ3n) is 2.14. The van der Waals surface area contributed by atoms with Crippen molar-refractivity contribution in [3.8, 4) is 0 Å². The number of rotatable bonds is 9. The van der Waals surface area contributed by atoms with E-state index in [2.05, 4.69) is 18.7 Å². The van der Waals surface area contributed by atoms with Crippen LogP contribution in [0.15, 0.2) is 0 Å². The molecular formula is C10H24N2O3S. The van der Waals surface area contributed by atoms with Gasteiger partial charge in [-0.3, -0.25) is 0 Å². The van der Waals surface area contributed by atoms with E-state index in [1.165, 1.54) is 0 Å². The molecule has 6 heteroatoms. The molecule has 2 N–H and O–H groups in total. The normalized spacial score (nSPS) is 12.6. The molecule has 0 aliphatic carbocycles. The van der Waals surface area contributed by atoms with Crippen LogP contribution in [0.2, 0.25) is 0 Å². The van der Waals surface area contributed by atoms with Crippen LogP contribution in [-0.2, 0) is 14.8 Å². The maximum absolute atomic E-state index is 10.8. The average Bonchev–Trinajstić information content (AvgIpc) is 2.11. The zero-order chi connectivity index (χ0) is 12.6. The van der Waals surface area contributed by atoms with Crippen LogP contribution < -0.4 is 5.14 Å². The number of sulfonamides is 1. The molecule has 0 heterocycles. The Morgan fingerprint density at radius 1 is 1.31 bits per heavy atom. The van der Waals surface area contributed by atoms with Gasteiger partial charge in [-0.2, -0.15) is 0 Å². The molecule has 0 aromatic rings. The van der Waals surface area contributed by atoms with Crippen LogP contribution in [0.3, 0.4) is 0 Å². The van der Waals surface area contributed by atoms with E-state index in [9.17, 15) is 8.42 Å². The lowest BCUT2D eigenvalue weighted by atomic mass is 10.2. The van der Waals surface area contributed by atoms with Gasteiger partial charge in [0.15, 0.2) is 0 Å². The first kappa shape index (κ1) is 15.8. The van der Waals surface area contributed by atoms with Gasteiger partial charge < -0.3 is 9.64 Å². The fourth-order valence-corrected chi connectivity index (χ4v) is 2.05. The van der Waals surface area contributed by atoms with Crippen molar-refractivity contribution in [3.63, 3.8) is 0 Å².